The predicted molar refractivity (Wildman–Crippen MR) is 72.1 cm³/mol. The van der Waals surface area contributed by atoms with Crippen molar-refractivity contribution in [3.63, 3.8) is 0 Å². The van der Waals surface area contributed by atoms with Crippen LogP contribution in [0.2, 0.25) is 0 Å². The van der Waals surface area contributed by atoms with Gasteiger partial charge in [-0.1, -0.05) is 19.9 Å². The maximum atomic E-state index is 11.8. The molecule has 19 heavy (non-hydrogen) atoms. The Bertz CT molecular complexity index is 489. The molecule has 0 bridgehead atoms. The van der Waals surface area contributed by atoms with Crippen LogP contribution in [0.1, 0.15) is 43.7 Å². The molecule has 0 radical (unpaired) electrons. The lowest BCUT2D eigenvalue weighted by atomic mass is 9.93. The second kappa shape index (κ2) is 6.79. The minimum Gasteiger partial charge on any atom is -0.496 e. The second-order valence-electron chi connectivity index (χ2n) is 4.47. The van der Waals surface area contributed by atoms with Crippen LogP contribution in [-0.2, 0) is 9.53 Å². The summed E-state index contributed by atoms with van der Waals surface area (Å²) in [7, 11) is 1.52. The van der Waals surface area contributed by atoms with E-state index in [0.717, 1.165) is 5.56 Å². The Morgan fingerprint density at radius 1 is 1.42 bits per heavy atom. The average molecular weight is 261 g/mol. The molecule has 1 aromatic rings. The monoisotopic (exact) mass is 261 g/mol. The summed E-state index contributed by atoms with van der Waals surface area (Å²) >= 11 is 0. The first kappa shape index (κ1) is 15.0. The average Bonchev–Trinajstić information content (AvgIpc) is 2.39. The molecule has 0 spiro atoms. The van der Waals surface area contributed by atoms with Crippen LogP contribution in [-0.4, -0.2) is 19.7 Å². The van der Waals surface area contributed by atoms with Crippen molar-refractivity contribution in [2.24, 2.45) is 0 Å². The Morgan fingerprint density at radius 2 is 2.11 bits per heavy atom. The number of esters is 1. The third-order valence-electron chi connectivity index (χ3n) is 2.88. The van der Waals surface area contributed by atoms with E-state index in [-0.39, 0.29) is 6.61 Å². The van der Waals surface area contributed by atoms with Gasteiger partial charge in [-0.3, -0.25) is 4.79 Å². The highest BCUT2D eigenvalue weighted by Gasteiger charge is 2.25. The van der Waals surface area contributed by atoms with Gasteiger partial charge >= 0.3 is 5.97 Å². The van der Waals surface area contributed by atoms with Gasteiger partial charge in [-0.2, -0.15) is 5.26 Å². The topological polar surface area (TPSA) is 59.3 Å². The fourth-order valence-electron chi connectivity index (χ4n) is 1.81. The number of carbonyl (C=O) groups excluding carboxylic acids is 1. The lowest BCUT2D eigenvalue weighted by Crippen LogP contribution is -2.15. The van der Waals surface area contributed by atoms with Crippen molar-refractivity contribution in [2.75, 3.05) is 13.7 Å². The van der Waals surface area contributed by atoms with Crippen LogP contribution in [0.5, 0.6) is 5.75 Å². The molecular weight excluding hydrogens is 242 g/mol. The van der Waals surface area contributed by atoms with Gasteiger partial charge in [0.05, 0.1) is 19.8 Å². The third kappa shape index (κ3) is 3.47. The van der Waals surface area contributed by atoms with E-state index >= 15 is 0 Å². The van der Waals surface area contributed by atoms with Crippen LogP contribution in [0.25, 0.3) is 0 Å². The van der Waals surface area contributed by atoms with E-state index in [1.807, 2.05) is 18.2 Å². The molecule has 0 aliphatic carbocycles. The number of hydrogen-bond donors (Lipinski definition) is 0. The number of methoxy groups -OCH3 is 1. The molecule has 1 atom stereocenters. The molecule has 0 N–H and O–H groups in total. The fraction of sp³-hybridized carbons (Fsp3) is 0.467. The van der Waals surface area contributed by atoms with Gasteiger partial charge < -0.3 is 9.47 Å². The summed E-state index contributed by atoms with van der Waals surface area (Å²) < 4.78 is 10.2. The normalized spacial score (nSPS) is 11.8. The molecule has 1 aromatic carbocycles. The Hall–Kier alpha value is -2.02. The van der Waals surface area contributed by atoms with Crippen molar-refractivity contribution in [1.82, 2.24) is 0 Å². The van der Waals surface area contributed by atoms with Crippen LogP contribution < -0.4 is 4.74 Å². The Morgan fingerprint density at radius 3 is 2.58 bits per heavy atom. The Labute approximate surface area is 113 Å². The number of nitriles is 1. The highest BCUT2D eigenvalue weighted by atomic mass is 16.5. The van der Waals surface area contributed by atoms with Crippen molar-refractivity contribution in [1.29, 1.82) is 5.26 Å². The smallest absolute Gasteiger partial charge is 0.328 e. The summed E-state index contributed by atoms with van der Waals surface area (Å²) in [5, 5.41) is 9.22. The summed E-state index contributed by atoms with van der Waals surface area (Å²) in [6.45, 7) is 6.08. The van der Waals surface area contributed by atoms with E-state index in [0.29, 0.717) is 17.2 Å². The zero-order valence-electron chi connectivity index (χ0n) is 11.8. The molecule has 0 saturated carbocycles. The van der Waals surface area contributed by atoms with E-state index in [4.69, 9.17) is 9.47 Å². The number of carbonyl (C=O) groups is 1. The van der Waals surface area contributed by atoms with E-state index in [9.17, 15) is 10.1 Å². The van der Waals surface area contributed by atoms with Gasteiger partial charge in [-0.05, 0) is 30.5 Å². The molecule has 102 valence electrons. The molecule has 0 amide bonds. The number of ether oxygens (including phenoxy) is 2. The molecule has 0 aliphatic rings. The maximum absolute atomic E-state index is 11.8. The SMILES string of the molecule is CCOC(=O)C(C#N)c1cc(C(C)C)ccc1OC. The van der Waals surface area contributed by atoms with Gasteiger partial charge in [0.2, 0.25) is 0 Å². The molecule has 0 heterocycles. The molecule has 4 heteroatoms. The lowest BCUT2D eigenvalue weighted by molar-refractivity contribution is -0.143. The number of rotatable bonds is 5. The highest BCUT2D eigenvalue weighted by molar-refractivity contribution is 5.82. The van der Waals surface area contributed by atoms with E-state index in [1.54, 1.807) is 13.0 Å². The first-order valence-electron chi connectivity index (χ1n) is 6.29. The molecule has 0 aliphatic heterocycles. The number of hydrogen-bond acceptors (Lipinski definition) is 4. The molecule has 0 fully saturated rings. The first-order chi connectivity index (χ1) is 9.04. The first-order valence-corrected chi connectivity index (χ1v) is 6.29. The van der Waals surface area contributed by atoms with Crippen LogP contribution in [0, 0.1) is 11.3 Å². The van der Waals surface area contributed by atoms with E-state index < -0.39 is 11.9 Å². The number of nitrogens with zero attached hydrogens (tertiary/aromatic N) is 1. The minimum absolute atomic E-state index is 0.253. The molecule has 1 unspecified atom stereocenters. The molecular formula is C15H19NO3. The van der Waals surface area contributed by atoms with Crippen LogP contribution in [0.15, 0.2) is 18.2 Å². The van der Waals surface area contributed by atoms with Crippen LogP contribution in [0.3, 0.4) is 0 Å². The Kier molecular flexibility index (Phi) is 5.37. The zero-order chi connectivity index (χ0) is 14.4. The van der Waals surface area contributed by atoms with Crippen LogP contribution >= 0.6 is 0 Å². The zero-order valence-corrected chi connectivity index (χ0v) is 11.8. The highest BCUT2D eigenvalue weighted by Crippen LogP contribution is 2.30. The predicted octanol–water partition coefficient (Wildman–Crippen LogP) is 2.99. The number of benzene rings is 1. The minimum atomic E-state index is -0.950. The van der Waals surface area contributed by atoms with Gasteiger partial charge in [0.25, 0.3) is 0 Å². The van der Waals surface area contributed by atoms with Crippen molar-refractivity contribution >= 4 is 5.97 Å². The summed E-state index contributed by atoms with van der Waals surface area (Å²) in [5.74, 6) is -0.645. The summed E-state index contributed by atoms with van der Waals surface area (Å²) in [4.78, 5) is 11.8. The maximum Gasteiger partial charge on any atom is 0.328 e. The quantitative estimate of drug-likeness (QED) is 0.764. The van der Waals surface area contributed by atoms with Gasteiger partial charge in [-0.15, -0.1) is 0 Å². The summed E-state index contributed by atoms with van der Waals surface area (Å²) in [6, 6.07) is 7.55. The largest absolute Gasteiger partial charge is 0.496 e. The van der Waals surface area contributed by atoms with E-state index in [1.165, 1.54) is 7.11 Å². The Balaban J connectivity index is 3.24. The molecule has 4 nitrogen and oxygen atoms in total. The van der Waals surface area contributed by atoms with E-state index in [2.05, 4.69) is 13.8 Å². The van der Waals surface area contributed by atoms with Gasteiger partial charge in [0, 0.05) is 5.56 Å². The molecule has 1 rings (SSSR count). The van der Waals surface area contributed by atoms with Crippen molar-refractivity contribution in [2.45, 2.75) is 32.6 Å². The second-order valence-corrected chi connectivity index (χ2v) is 4.47. The molecule has 0 saturated heterocycles. The van der Waals surface area contributed by atoms with Crippen LogP contribution in [0.4, 0.5) is 0 Å². The summed E-state index contributed by atoms with van der Waals surface area (Å²) in [6.07, 6.45) is 0. The van der Waals surface area contributed by atoms with Crippen molar-refractivity contribution in [3.05, 3.63) is 29.3 Å². The van der Waals surface area contributed by atoms with Crippen molar-refractivity contribution in [3.8, 4) is 11.8 Å². The molecule has 0 aromatic heterocycles. The van der Waals surface area contributed by atoms with Crippen molar-refractivity contribution < 1.29 is 14.3 Å². The van der Waals surface area contributed by atoms with Gasteiger partial charge in [0.1, 0.15) is 5.75 Å². The summed E-state index contributed by atoms with van der Waals surface area (Å²) in [5.41, 5.74) is 1.62. The lowest BCUT2D eigenvalue weighted by Gasteiger charge is -2.15. The fourth-order valence-corrected chi connectivity index (χ4v) is 1.81. The standard InChI is InChI=1S/C15H19NO3/c1-5-19-15(17)13(9-16)12-8-11(10(2)3)6-7-14(12)18-4/h6-8,10,13H,5H2,1-4H3. The third-order valence-corrected chi connectivity index (χ3v) is 2.88. The van der Waals surface area contributed by atoms with Gasteiger partial charge in [-0.25, -0.2) is 0 Å². The van der Waals surface area contributed by atoms with Gasteiger partial charge in [0.15, 0.2) is 5.92 Å².